The highest BCUT2D eigenvalue weighted by Crippen LogP contribution is 2.20. The standard InChI is InChI=1S/C15H26N4O2/c1-15(2,3)21-14(20)19-12-9-11(10-12)16-6-4-5-13-17-7-8-18-13/h7-8,11-12,16H,4-6,9-10H2,1-3H3,(H,17,18)(H,19,20). The van der Waals surface area contributed by atoms with Gasteiger partial charge in [0.25, 0.3) is 0 Å². The number of carbonyl (C=O) groups is 1. The second-order valence-electron chi connectivity index (χ2n) is 6.61. The number of hydrogen-bond acceptors (Lipinski definition) is 4. The van der Waals surface area contributed by atoms with Gasteiger partial charge in [-0.25, -0.2) is 9.78 Å². The molecular weight excluding hydrogens is 268 g/mol. The van der Waals surface area contributed by atoms with E-state index in [2.05, 4.69) is 20.6 Å². The lowest BCUT2D eigenvalue weighted by atomic mass is 9.87. The fourth-order valence-electron chi connectivity index (χ4n) is 2.37. The summed E-state index contributed by atoms with van der Waals surface area (Å²) in [6.07, 6.45) is 7.28. The number of H-pyrrole nitrogens is 1. The molecule has 1 aliphatic rings. The second-order valence-corrected chi connectivity index (χ2v) is 6.61. The van der Waals surface area contributed by atoms with Crippen molar-refractivity contribution in [3.8, 4) is 0 Å². The maximum absolute atomic E-state index is 11.6. The molecule has 21 heavy (non-hydrogen) atoms. The van der Waals surface area contributed by atoms with Gasteiger partial charge in [-0.2, -0.15) is 0 Å². The van der Waals surface area contributed by atoms with Gasteiger partial charge in [0.1, 0.15) is 11.4 Å². The molecule has 0 radical (unpaired) electrons. The Bertz CT molecular complexity index is 433. The predicted octanol–water partition coefficient (Wildman–Crippen LogP) is 1.99. The summed E-state index contributed by atoms with van der Waals surface area (Å²) >= 11 is 0. The van der Waals surface area contributed by atoms with Crippen LogP contribution < -0.4 is 10.6 Å². The number of ether oxygens (including phenoxy) is 1. The smallest absolute Gasteiger partial charge is 0.407 e. The lowest BCUT2D eigenvalue weighted by molar-refractivity contribution is 0.0465. The number of imidazole rings is 1. The quantitative estimate of drug-likeness (QED) is 0.701. The third kappa shape index (κ3) is 5.75. The van der Waals surface area contributed by atoms with Gasteiger partial charge in [0.2, 0.25) is 0 Å². The molecule has 1 fully saturated rings. The van der Waals surface area contributed by atoms with Crippen LogP contribution in [0.15, 0.2) is 12.4 Å². The number of aromatic amines is 1. The zero-order valence-corrected chi connectivity index (χ0v) is 13.1. The fourth-order valence-corrected chi connectivity index (χ4v) is 2.37. The summed E-state index contributed by atoms with van der Waals surface area (Å²) in [7, 11) is 0. The monoisotopic (exact) mass is 294 g/mol. The van der Waals surface area contributed by atoms with Gasteiger partial charge in [0.05, 0.1) is 0 Å². The highest BCUT2D eigenvalue weighted by Gasteiger charge is 2.30. The second kappa shape index (κ2) is 6.93. The van der Waals surface area contributed by atoms with E-state index in [9.17, 15) is 4.79 Å². The van der Waals surface area contributed by atoms with Crippen LogP contribution in [-0.4, -0.2) is 40.3 Å². The number of hydrogen-bond donors (Lipinski definition) is 3. The molecule has 2 rings (SSSR count). The average molecular weight is 294 g/mol. The van der Waals surface area contributed by atoms with Gasteiger partial charge in [-0.05, 0) is 46.6 Å². The van der Waals surface area contributed by atoms with Crippen LogP contribution in [0, 0.1) is 0 Å². The number of rotatable bonds is 6. The Kier molecular flexibility index (Phi) is 5.22. The normalized spacial score (nSPS) is 21.7. The first kappa shape index (κ1) is 15.8. The maximum Gasteiger partial charge on any atom is 0.407 e. The van der Waals surface area contributed by atoms with E-state index < -0.39 is 5.60 Å². The van der Waals surface area contributed by atoms with Gasteiger partial charge in [-0.3, -0.25) is 0 Å². The number of carbonyl (C=O) groups excluding carboxylic acids is 1. The summed E-state index contributed by atoms with van der Waals surface area (Å²) in [6.45, 7) is 6.59. The van der Waals surface area contributed by atoms with Crippen molar-refractivity contribution in [3.05, 3.63) is 18.2 Å². The van der Waals surface area contributed by atoms with Crippen LogP contribution in [0.1, 0.15) is 45.9 Å². The molecule has 3 N–H and O–H groups in total. The van der Waals surface area contributed by atoms with E-state index in [-0.39, 0.29) is 12.1 Å². The molecule has 1 aliphatic carbocycles. The lowest BCUT2D eigenvalue weighted by Crippen LogP contribution is -2.53. The van der Waals surface area contributed by atoms with Crippen LogP contribution in [-0.2, 0) is 11.2 Å². The first-order chi connectivity index (χ1) is 9.92. The van der Waals surface area contributed by atoms with Crippen LogP contribution in [0.3, 0.4) is 0 Å². The Hall–Kier alpha value is -1.56. The van der Waals surface area contributed by atoms with Crippen molar-refractivity contribution in [2.45, 2.75) is 64.1 Å². The minimum absolute atomic E-state index is 0.238. The molecule has 6 nitrogen and oxygen atoms in total. The largest absolute Gasteiger partial charge is 0.444 e. The van der Waals surface area contributed by atoms with Crippen molar-refractivity contribution in [1.29, 1.82) is 0 Å². The fraction of sp³-hybridized carbons (Fsp3) is 0.733. The molecule has 1 amide bonds. The van der Waals surface area contributed by atoms with Crippen LogP contribution in [0.5, 0.6) is 0 Å². The topological polar surface area (TPSA) is 79.0 Å². The highest BCUT2D eigenvalue weighted by molar-refractivity contribution is 5.68. The predicted molar refractivity (Wildman–Crippen MR) is 81.1 cm³/mol. The summed E-state index contributed by atoms with van der Waals surface area (Å²) in [5, 5.41) is 6.40. The third-order valence-electron chi connectivity index (χ3n) is 3.44. The van der Waals surface area contributed by atoms with Crippen LogP contribution in [0.4, 0.5) is 4.79 Å². The Labute approximate surface area is 126 Å². The highest BCUT2D eigenvalue weighted by atomic mass is 16.6. The van der Waals surface area contributed by atoms with Crippen molar-refractivity contribution >= 4 is 6.09 Å². The minimum atomic E-state index is -0.433. The SMILES string of the molecule is CC(C)(C)OC(=O)NC1CC(NCCCc2ncc[nH]2)C1. The Morgan fingerprint density at radius 1 is 1.43 bits per heavy atom. The van der Waals surface area contributed by atoms with E-state index in [4.69, 9.17) is 4.74 Å². The third-order valence-corrected chi connectivity index (χ3v) is 3.44. The maximum atomic E-state index is 11.6. The molecule has 0 spiro atoms. The molecule has 0 bridgehead atoms. The van der Waals surface area contributed by atoms with Crippen molar-refractivity contribution in [2.24, 2.45) is 0 Å². The molecule has 0 aromatic carbocycles. The van der Waals surface area contributed by atoms with Crippen molar-refractivity contribution in [3.63, 3.8) is 0 Å². The molecule has 0 unspecified atom stereocenters. The van der Waals surface area contributed by atoms with E-state index >= 15 is 0 Å². The van der Waals surface area contributed by atoms with Crippen molar-refractivity contribution in [1.82, 2.24) is 20.6 Å². The van der Waals surface area contributed by atoms with Crippen LogP contribution in [0.2, 0.25) is 0 Å². The molecule has 6 heteroatoms. The molecule has 1 heterocycles. The molecule has 118 valence electrons. The lowest BCUT2D eigenvalue weighted by Gasteiger charge is -2.36. The summed E-state index contributed by atoms with van der Waals surface area (Å²) < 4.78 is 5.24. The Balaban J connectivity index is 1.50. The van der Waals surface area contributed by atoms with Gasteiger partial charge in [-0.15, -0.1) is 0 Å². The molecule has 0 atom stereocenters. The molecule has 1 aromatic rings. The average Bonchev–Trinajstić information content (AvgIpc) is 2.81. The van der Waals surface area contributed by atoms with Crippen LogP contribution >= 0.6 is 0 Å². The van der Waals surface area contributed by atoms with E-state index in [0.29, 0.717) is 6.04 Å². The molecular formula is C15H26N4O2. The van der Waals surface area contributed by atoms with Gasteiger partial charge < -0.3 is 20.4 Å². The minimum Gasteiger partial charge on any atom is -0.444 e. The number of aromatic nitrogens is 2. The molecule has 0 saturated heterocycles. The van der Waals surface area contributed by atoms with E-state index in [1.165, 1.54) is 0 Å². The van der Waals surface area contributed by atoms with Crippen molar-refractivity contribution < 1.29 is 9.53 Å². The van der Waals surface area contributed by atoms with Gasteiger partial charge in [-0.1, -0.05) is 0 Å². The summed E-state index contributed by atoms with van der Waals surface area (Å²) in [4.78, 5) is 18.9. The summed E-state index contributed by atoms with van der Waals surface area (Å²) in [6, 6.07) is 0.740. The number of nitrogens with one attached hydrogen (secondary N) is 3. The summed E-state index contributed by atoms with van der Waals surface area (Å²) in [5.74, 6) is 1.04. The first-order valence-electron chi connectivity index (χ1n) is 7.63. The van der Waals surface area contributed by atoms with Gasteiger partial charge >= 0.3 is 6.09 Å². The number of aryl methyl sites for hydroxylation is 1. The number of amides is 1. The van der Waals surface area contributed by atoms with E-state index in [1.807, 2.05) is 27.0 Å². The Morgan fingerprint density at radius 2 is 2.19 bits per heavy atom. The zero-order chi connectivity index (χ0) is 15.3. The zero-order valence-electron chi connectivity index (χ0n) is 13.1. The van der Waals surface area contributed by atoms with E-state index in [1.54, 1.807) is 6.20 Å². The number of nitrogens with zero attached hydrogens (tertiary/aromatic N) is 1. The first-order valence-corrected chi connectivity index (χ1v) is 7.63. The Morgan fingerprint density at radius 3 is 2.81 bits per heavy atom. The van der Waals surface area contributed by atoms with Gasteiger partial charge in [0.15, 0.2) is 0 Å². The molecule has 0 aliphatic heterocycles. The molecule has 1 aromatic heterocycles. The van der Waals surface area contributed by atoms with Gasteiger partial charge in [0, 0.05) is 30.9 Å². The summed E-state index contributed by atoms with van der Waals surface area (Å²) in [5.41, 5.74) is -0.433. The van der Waals surface area contributed by atoms with E-state index in [0.717, 1.165) is 38.1 Å². The molecule has 1 saturated carbocycles. The van der Waals surface area contributed by atoms with Crippen molar-refractivity contribution in [2.75, 3.05) is 6.54 Å². The number of alkyl carbamates (subject to hydrolysis) is 1. The van der Waals surface area contributed by atoms with Crippen LogP contribution in [0.25, 0.3) is 0 Å².